The molecular weight excluding hydrogens is 291 g/mol. The van der Waals surface area contributed by atoms with Crippen LogP contribution in [0.2, 0.25) is 5.02 Å². The first-order chi connectivity index (χ1) is 9.95. The van der Waals surface area contributed by atoms with Gasteiger partial charge in [-0.15, -0.1) is 0 Å². The molecular formula is C16H16ClFN2O. The first-order valence-corrected chi connectivity index (χ1v) is 6.92. The maximum Gasteiger partial charge on any atom is 0.246 e. The molecule has 1 unspecified atom stereocenters. The Balaban J connectivity index is 2.00. The summed E-state index contributed by atoms with van der Waals surface area (Å²) in [5.74, 6) is -0.731. The van der Waals surface area contributed by atoms with Crippen molar-refractivity contribution in [2.75, 3.05) is 10.6 Å². The molecule has 2 aromatic rings. The van der Waals surface area contributed by atoms with Crippen molar-refractivity contribution in [3.8, 4) is 0 Å². The maximum atomic E-state index is 13.7. The third-order valence-corrected chi connectivity index (χ3v) is 3.25. The van der Waals surface area contributed by atoms with Gasteiger partial charge in [0.05, 0.1) is 5.69 Å². The highest BCUT2D eigenvalue weighted by molar-refractivity contribution is 6.30. The van der Waals surface area contributed by atoms with Gasteiger partial charge in [0.15, 0.2) is 0 Å². The lowest BCUT2D eigenvalue weighted by Gasteiger charge is -2.16. The molecule has 1 atom stereocenters. The van der Waals surface area contributed by atoms with Gasteiger partial charge in [0.1, 0.15) is 11.9 Å². The number of anilines is 2. The second-order valence-corrected chi connectivity index (χ2v) is 5.28. The molecule has 0 aliphatic carbocycles. The molecule has 110 valence electrons. The number of amides is 1. The Kier molecular flexibility index (Phi) is 4.81. The van der Waals surface area contributed by atoms with Crippen LogP contribution in [0.5, 0.6) is 0 Å². The fourth-order valence-electron chi connectivity index (χ4n) is 1.79. The molecule has 0 aliphatic heterocycles. The molecule has 0 heterocycles. The van der Waals surface area contributed by atoms with Crippen LogP contribution in [0.15, 0.2) is 42.5 Å². The van der Waals surface area contributed by atoms with Crippen molar-refractivity contribution < 1.29 is 9.18 Å². The zero-order valence-electron chi connectivity index (χ0n) is 11.8. The Hall–Kier alpha value is -2.07. The van der Waals surface area contributed by atoms with Crippen LogP contribution in [-0.2, 0) is 4.79 Å². The number of halogens is 2. The van der Waals surface area contributed by atoms with Gasteiger partial charge < -0.3 is 10.6 Å². The normalized spacial score (nSPS) is 11.8. The number of rotatable bonds is 4. The van der Waals surface area contributed by atoms with Crippen molar-refractivity contribution in [1.29, 1.82) is 0 Å². The average molecular weight is 307 g/mol. The van der Waals surface area contributed by atoms with Crippen molar-refractivity contribution >= 4 is 28.9 Å². The van der Waals surface area contributed by atoms with Crippen LogP contribution in [0.1, 0.15) is 12.5 Å². The number of hydrogen-bond donors (Lipinski definition) is 2. The summed E-state index contributed by atoms with van der Waals surface area (Å²) < 4.78 is 13.7. The molecule has 0 saturated heterocycles. The summed E-state index contributed by atoms with van der Waals surface area (Å²) in [7, 11) is 0. The van der Waals surface area contributed by atoms with E-state index >= 15 is 0 Å². The molecule has 0 bridgehead atoms. The molecule has 0 radical (unpaired) electrons. The van der Waals surface area contributed by atoms with Gasteiger partial charge in [0.2, 0.25) is 5.91 Å². The van der Waals surface area contributed by atoms with Crippen LogP contribution < -0.4 is 10.6 Å². The summed E-state index contributed by atoms with van der Waals surface area (Å²) in [5.41, 5.74) is 2.06. The summed E-state index contributed by atoms with van der Waals surface area (Å²) in [6.07, 6.45) is 0. The Labute approximate surface area is 128 Å². The number of nitrogens with one attached hydrogen (secondary N) is 2. The Bertz CT molecular complexity index is 643. The number of aryl methyl sites for hydroxylation is 1. The van der Waals surface area contributed by atoms with Crippen molar-refractivity contribution in [2.45, 2.75) is 19.9 Å². The molecule has 0 fully saturated rings. The second kappa shape index (κ2) is 6.59. The standard InChI is InChI=1S/C16H16ClFN2O/c1-10-3-6-13(7-4-10)20-16(21)11(2)19-15-8-5-12(17)9-14(15)18/h3-9,11,19H,1-2H3,(H,20,21). The first kappa shape index (κ1) is 15.3. The SMILES string of the molecule is Cc1ccc(NC(=O)C(C)Nc2ccc(Cl)cc2F)cc1. The average Bonchev–Trinajstić information content (AvgIpc) is 2.44. The Morgan fingerprint density at radius 1 is 1.19 bits per heavy atom. The minimum Gasteiger partial charge on any atom is -0.372 e. The zero-order chi connectivity index (χ0) is 15.4. The van der Waals surface area contributed by atoms with Crippen LogP contribution in [-0.4, -0.2) is 11.9 Å². The lowest BCUT2D eigenvalue weighted by Crippen LogP contribution is -2.32. The van der Waals surface area contributed by atoms with E-state index in [1.807, 2.05) is 31.2 Å². The van der Waals surface area contributed by atoms with Gasteiger partial charge in [-0.05, 0) is 44.2 Å². The minimum absolute atomic E-state index is 0.242. The lowest BCUT2D eigenvalue weighted by molar-refractivity contribution is -0.116. The fourth-order valence-corrected chi connectivity index (χ4v) is 1.95. The van der Waals surface area contributed by atoms with E-state index in [0.29, 0.717) is 10.7 Å². The maximum absolute atomic E-state index is 13.7. The molecule has 0 aromatic heterocycles. The van der Waals surface area contributed by atoms with Gasteiger partial charge in [-0.1, -0.05) is 29.3 Å². The van der Waals surface area contributed by atoms with Crippen molar-refractivity contribution in [2.24, 2.45) is 0 Å². The zero-order valence-corrected chi connectivity index (χ0v) is 12.5. The van der Waals surface area contributed by atoms with Crippen LogP contribution >= 0.6 is 11.6 Å². The van der Waals surface area contributed by atoms with Crippen LogP contribution in [0, 0.1) is 12.7 Å². The first-order valence-electron chi connectivity index (χ1n) is 6.55. The minimum atomic E-state index is -0.582. The molecule has 0 spiro atoms. The molecule has 5 heteroatoms. The Morgan fingerprint density at radius 3 is 2.48 bits per heavy atom. The summed E-state index contributed by atoms with van der Waals surface area (Å²) in [5, 5.41) is 5.91. The van der Waals surface area contributed by atoms with Gasteiger partial charge >= 0.3 is 0 Å². The molecule has 2 aromatic carbocycles. The van der Waals surface area contributed by atoms with E-state index in [9.17, 15) is 9.18 Å². The van der Waals surface area contributed by atoms with Crippen LogP contribution in [0.3, 0.4) is 0 Å². The van der Waals surface area contributed by atoms with E-state index in [1.54, 1.807) is 13.0 Å². The van der Waals surface area contributed by atoms with Gasteiger partial charge in [-0.2, -0.15) is 0 Å². The third kappa shape index (κ3) is 4.20. The third-order valence-electron chi connectivity index (χ3n) is 3.02. The summed E-state index contributed by atoms with van der Waals surface area (Å²) in [6.45, 7) is 3.64. The number of carbonyl (C=O) groups is 1. The van der Waals surface area contributed by atoms with E-state index in [-0.39, 0.29) is 11.6 Å². The molecule has 1 amide bonds. The number of carbonyl (C=O) groups excluding carboxylic acids is 1. The predicted octanol–water partition coefficient (Wildman–Crippen LogP) is 4.23. The van der Waals surface area contributed by atoms with Crippen LogP contribution in [0.4, 0.5) is 15.8 Å². The smallest absolute Gasteiger partial charge is 0.246 e. The van der Waals surface area contributed by atoms with Gasteiger partial charge in [0, 0.05) is 10.7 Å². The topological polar surface area (TPSA) is 41.1 Å². The molecule has 0 aliphatic rings. The van der Waals surface area contributed by atoms with E-state index in [1.165, 1.54) is 12.1 Å². The van der Waals surface area contributed by atoms with Crippen molar-refractivity contribution in [3.63, 3.8) is 0 Å². The second-order valence-electron chi connectivity index (χ2n) is 4.85. The highest BCUT2D eigenvalue weighted by Gasteiger charge is 2.14. The Morgan fingerprint density at radius 2 is 1.86 bits per heavy atom. The van der Waals surface area contributed by atoms with Crippen molar-refractivity contribution in [3.05, 3.63) is 58.9 Å². The molecule has 21 heavy (non-hydrogen) atoms. The fraction of sp³-hybridized carbons (Fsp3) is 0.188. The van der Waals surface area contributed by atoms with E-state index < -0.39 is 11.9 Å². The van der Waals surface area contributed by atoms with Gasteiger partial charge in [-0.3, -0.25) is 4.79 Å². The quantitative estimate of drug-likeness (QED) is 0.887. The summed E-state index contributed by atoms with van der Waals surface area (Å²) in [6, 6.07) is 11.2. The molecule has 2 N–H and O–H groups in total. The molecule has 3 nitrogen and oxygen atoms in total. The molecule has 0 saturated carbocycles. The van der Waals surface area contributed by atoms with E-state index in [4.69, 9.17) is 11.6 Å². The number of hydrogen-bond acceptors (Lipinski definition) is 2. The van der Waals surface area contributed by atoms with E-state index in [2.05, 4.69) is 10.6 Å². The van der Waals surface area contributed by atoms with Crippen molar-refractivity contribution in [1.82, 2.24) is 0 Å². The van der Waals surface area contributed by atoms with E-state index in [0.717, 1.165) is 5.56 Å². The predicted molar refractivity (Wildman–Crippen MR) is 84.3 cm³/mol. The largest absolute Gasteiger partial charge is 0.372 e. The summed E-state index contributed by atoms with van der Waals surface area (Å²) in [4.78, 5) is 12.1. The highest BCUT2D eigenvalue weighted by atomic mass is 35.5. The molecule has 2 rings (SSSR count). The van der Waals surface area contributed by atoms with Gasteiger partial charge in [-0.25, -0.2) is 4.39 Å². The lowest BCUT2D eigenvalue weighted by atomic mass is 10.2. The number of benzene rings is 2. The summed E-state index contributed by atoms with van der Waals surface area (Å²) >= 11 is 5.69. The highest BCUT2D eigenvalue weighted by Crippen LogP contribution is 2.20. The van der Waals surface area contributed by atoms with Crippen LogP contribution in [0.25, 0.3) is 0 Å². The monoisotopic (exact) mass is 306 g/mol. The van der Waals surface area contributed by atoms with Gasteiger partial charge in [0.25, 0.3) is 0 Å².